The molecule has 0 radical (unpaired) electrons. The molecule has 8 heteroatoms. The predicted octanol–water partition coefficient (Wildman–Crippen LogP) is 7.95. The highest BCUT2D eigenvalue weighted by Gasteiger charge is 2.09. The first-order chi connectivity index (χ1) is 17.4. The van der Waals surface area contributed by atoms with Gasteiger partial charge in [-0.3, -0.25) is 9.97 Å². The van der Waals surface area contributed by atoms with E-state index < -0.39 is 23.3 Å². The molecule has 0 saturated carbocycles. The van der Waals surface area contributed by atoms with Crippen molar-refractivity contribution in [3.63, 3.8) is 0 Å². The minimum atomic E-state index is -0.571. The third kappa shape index (κ3) is 5.50. The zero-order valence-electron chi connectivity index (χ0n) is 18.5. The van der Waals surface area contributed by atoms with Crippen LogP contribution in [0.3, 0.4) is 0 Å². The predicted molar refractivity (Wildman–Crippen MR) is 126 cm³/mol. The lowest BCUT2D eigenvalue weighted by Crippen LogP contribution is -1.90. The van der Waals surface area contributed by atoms with Crippen LogP contribution in [0.15, 0.2) is 97.6 Å². The maximum Gasteiger partial charge on any atom is 0.148 e. The van der Waals surface area contributed by atoms with Gasteiger partial charge >= 0.3 is 0 Å². The van der Waals surface area contributed by atoms with Crippen LogP contribution in [-0.2, 0) is 0 Å². The number of pyridine rings is 2. The molecule has 2 heterocycles. The van der Waals surface area contributed by atoms with Crippen LogP contribution in [0.4, 0.5) is 17.6 Å². The first kappa shape index (κ1) is 23.0. The molecule has 0 atom stereocenters. The van der Waals surface area contributed by atoms with Crippen molar-refractivity contribution < 1.29 is 27.0 Å². The van der Waals surface area contributed by atoms with Gasteiger partial charge in [-0.25, -0.2) is 17.6 Å². The van der Waals surface area contributed by atoms with Gasteiger partial charge in [0.15, 0.2) is 0 Å². The zero-order valence-corrected chi connectivity index (χ0v) is 18.5. The fourth-order valence-electron chi connectivity index (χ4n) is 3.60. The lowest BCUT2D eigenvalue weighted by Gasteiger charge is -2.11. The molecular weight excluding hydrogens is 472 g/mol. The molecule has 0 aliphatic rings. The highest BCUT2D eigenvalue weighted by molar-refractivity contribution is 5.72. The molecule has 0 aliphatic carbocycles. The first-order valence-corrected chi connectivity index (χ1v) is 10.7. The smallest absolute Gasteiger partial charge is 0.148 e. The minimum absolute atomic E-state index is 0.139. The fourth-order valence-corrected chi connectivity index (χ4v) is 3.60. The van der Waals surface area contributed by atoms with Crippen molar-refractivity contribution in [3.05, 3.63) is 121 Å². The number of aromatic nitrogens is 2. The zero-order chi connectivity index (χ0) is 25.1. The quantitative estimate of drug-likeness (QED) is 0.228. The van der Waals surface area contributed by atoms with Gasteiger partial charge in [0.05, 0.1) is 24.8 Å². The summed E-state index contributed by atoms with van der Waals surface area (Å²) in [5.74, 6) is -1.57. The lowest BCUT2D eigenvalue weighted by atomic mass is 10.00. The van der Waals surface area contributed by atoms with Gasteiger partial charge in [0.2, 0.25) is 0 Å². The molecule has 0 unspecified atom stereocenters. The van der Waals surface area contributed by atoms with Crippen molar-refractivity contribution in [2.24, 2.45) is 0 Å². The summed E-state index contributed by atoms with van der Waals surface area (Å²) < 4.78 is 66.4. The van der Waals surface area contributed by atoms with Crippen LogP contribution in [0, 0.1) is 23.3 Å². The maximum absolute atomic E-state index is 14.3. The van der Waals surface area contributed by atoms with E-state index in [2.05, 4.69) is 9.97 Å². The Hall–Kier alpha value is -4.72. The molecule has 0 amide bonds. The molecule has 2 aromatic heterocycles. The van der Waals surface area contributed by atoms with Crippen molar-refractivity contribution >= 4 is 0 Å². The Kier molecular flexibility index (Phi) is 6.32. The van der Waals surface area contributed by atoms with E-state index in [1.165, 1.54) is 36.7 Å². The van der Waals surface area contributed by atoms with E-state index in [-0.39, 0.29) is 23.0 Å². The molecule has 5 rings (SSSR count). The second kappa shape index (κ2) is 9.87. The summed E-state index contributed by atoms with van der Waals surface area (Å²) in [6.45, 7) is 0. The average Bonchev–Trinajstić information content (AvgIpc) is 2.83. The Morgan fingerprint density at radius 2 is 0.778 bits per heavy atom. The highest BCUT2D eigenvalue weighted by atomic mass is 19.1. The second-order valence-corrected chi connectivity index (χ2v) is 7.81. The Balaban J connectivity index is 1.39. The molecule has 0 N–H and O–H groups in total. The monoisotopic (exact) mass is 488 g/mol. The van der Waals surface area contributed by atoms with Gasteiger partial charge < -0.3 is 9.47 Å². The van der Waals surface area contributed by atoms with Gasteiger partial charge in [0, 0.05) is 24.3 Å². The third-order valence-corrected chi connectivity index (χ3v) is 5.13. The molecule has 178 valence electrons. The summed E-state index contributed by atoms with van der Waals surface area (Å²) in [5.41, 5.74) is 2.42. The van der Waals surface area contributed by atoms with Crippen LogP contribution < -0.4 is 9.47 Å². The van der Waals surface area contributed by atoms with Gasteiger partial charge in [-0.1, -0.05) is 24.3 Å². The van der Waals surface area contributed by atoms with Crippen LogP contribution in [0.25, 0.3) is 22.3 Å². The number of hydrogen-bond acceptors (Lipinski definition) is 4. The summed E-state index contributed by atoms with van der Waals surface area (Å²) in [4.78, 5) is 7.42. The number of hydrogen-bond donors (Lipinski definition) is 0. The van der Waals surface area contributed by atoms with Crippen molar-refractivity contribution in [1.29, 1.82) is 0 Å². The Labute approximate surface area is 203 Å². The molecule has 0 bridgehead atoms. The van der Waals surface area contributed by atoms with Crippen LogP contribution in [0.2, 0.25) is 0 Å². The number of rotatable bonds is 6. The minimum Gasteiger partial charge on any atom is -0.456 e. The first-order valence-electron chi connectivity index (χ1n) is 10.7. The molecular formula is C28H16F4N2O2. The Morgan fingerprint density at radius 3 is 1.17 bits per heavy atom. The maximum atomic E-state index is 14.3. The summed E-state index contributed by atoms with van der Waals surface area (Å²) in [6.07, 6.45) is 4.73. The molecule has 0 spiro atoms. The topological polar surface area (TPSA) is 44.2 Å². The molecule has 0 aliphatic heterocycles. The summed E-state index contributed by atoms with van der Waals surface area (Å²) in [6, 6.07) is 17.6. The molecule has 36 heavy (non-hydrogen) atoms. The van der Waals surface area contributed by atoms with Gasteiger partial charge in [0.1, 0.15) is 46.3 Å². The second-order valence-electron chi connectivity index (χ2n) is 7.81. The number of nitrogens with zero attached hydrogens (tertiary/aromatic N) is 2. The number of halogens is 4. The van der Waals surface area contributed by atoms with E-state index in [9.17, 15) is 17.6 Å². The van der Waals surface area contributed by atoms with E-state index in [1.54, 1.807) is 36.4 Å². The van der Waals surface area contributed by atoms with Crippen LogP contribution >= 0.6 is 0 Å². The van der Waals surface area contributed by atoms with Gasteiger partial charge in [-0.2, -0.15) is 0 Å². The normalized spacial score (nSPS) is 10.8. The average molecular weight is 488 g/mol. The van der Waals surface area contributed by atoms with Gasteiger partial charge in [-0.05, 0) is 46.5 Å². The van der Waals surface area contributed by atoms with Gasteiger partial charge in [0.25, 0.3) is 0 Å². The highest BCUT2D eigenvalue weighted by Crippen LogP contribution is 2.32. The third-order valence-electron chi connectivity index (χ3n) is 5.13. The van der Waals surface area contributed by atoms with E-state index in [1.807, 2.05) is 0 Å². The molecule has 0 fully saturated rings. The summed E-state index contributed by atoms with van der Waals surface area (Å²) >= 11 is 0. The summed E-state index contributed by atoms with van der Waals surface area (Å²) in [7, 11) is 0. The molecule has 0 saturated heterocycles. The van der Waals surface area contributed by atoms with Crippen molar-refractivity contribution in [1.82, 2.24) is 9.97 Å². The Morgan fingerprint density at radius 1 is 0.389 bits per heavy atom. The number of ether oxygens (including phenoxy) is 2. The Bertz CT molecular complexity index is 1430. The lowest BCUT2D eigenvalue weighted by molar-refractivity contribution is 0.468. The van der Waals surface area contributed by atoms with Crippen LogP contribution in [0.1, 0.15) is 0 Å². The van der Waals surface area contributed by atoms with Crippen molar-refractivity contribution in [2.45, 2.75) is 0 Å². The molecule has 3 aromatic carbocycles. The van der Waals surface area contributed by atoms with Gasteiger partial charge in [-0.15, -0.1) is 0 Å². The van der Waals surface area contributed by atoms with E-state index >= 15 is 0 Å². The van der Waals surface area contributed by atoms with E-state index in [0.717, 1.165) is 24.5 Å². The van der Waals surface area contributed by atoms with E-state index in [4.69, 9.17) is 9.47 Å². The van der Waals surface area contributed by atoms with Crippen LogP contribution in [0.5, 0.6) is 23.0 Å². The largest absolute Gasteiger partial charge is 0.456 e. The standard InChI is InChI=1S/C28H16F4N2O2/c29-21-5-19(7-25(9-21)35-27-11-23(31)13-33-15-27)17-1-2-18(4-3-17)20-6-22(30)10-26(8-20)36-28-12-24(32)14-34-16-28/h1-16H. The van der Waals surface area contributed by atoms with E-state index in [0.29, 0.717) is 22.3 Å². The SMILES string of the molecule is Fc1cncc(Oc2cc(F)cc(-c3ccc(-c4cc(F)cc(Oc5cncc(F)c5)c4)cc3)c2)c1. The molecule has 5 aromatic rings. The summed E-state index contributed by atoms with van der Waals surface area (Å²) in [5, 5.41) is 0. The number of benzene rings is 3. The van der Waals surface area contributed by atoms with Crippen molar-refractivity contribution in [3.8, 4) is 45.3 Å². The fraction of sp³-hybridized carbons (Fsp3) is 0. The van der Waals surface area contributed by atoms with Crippen molar-refractivity contribution in [2.75, 3.05) is 0 Å². The van der Waals surface area contributed by atoms with Crippen LogP contribution in [-0.4, -0.2) is 9.97 Å². The molecule has 4 nitrogen and oxygen atoms in total.